The van der Waals surface area contributed by atoms with E-state index in [1.54, 1.807) is 24.3 Å². The second kappa shape index (κ2) is 6.92. The molecule has 4 rings (SSSR count). The first kappa shape index (κ1) is 16.8. The molecule has 2 N–H and O–H groups in total. The summed E-state index contributed by atoms with van der Waals surface area (Å²) in [5, 5.41) is 4.25. The van der Waals surface area contributed by atoms with Crippen LogP contribution in [0.4, 0.5) is 0 Å². The van der Waals surface area contributed by atoms with Crippen LogP contribution < -0.4 is 10.7 Å². The first-order valence-corrected chi connectivity index (χ1v) is 9.14. The summed E-state index contributed by atoms with van der Waals surface area (Å²) in [4.78, 5) is 31.1. The van der Waals surface area contributed by atoms with Gasteiger partial charge in [0.15, 0.2) is 5.43 Å². The van der Waals surface area contributed by atoms with Crippen LogP contribution in [0.3, 0.4) is 0 Å². The fourth-order valence-corrected chi connectivity index (χ4v) is 3.91. The van der Waals surface area contributed by atoms with Crippen molar-refractivity contribution in [3.05, 3.63) is 58.3 Å². The Morgan fingerprint density at radius 1 is 1.19 bits per heavy atom. The number of hydrogen-bond donors (Lipinski definition) is 2. The van der Waals surface area contributed by atoms with E-state index < -0.39 is 0 Å². The van der Waals surface area contributed by atoms with Gasteiger partial charge in [-0.3, -0.25) is 9.59 Å². The van der Waals surface area contributed by atoms with E-state index in [2.05, 4.69) is 22.2 Å². The quantitative estimate of drug-likeness (QED) is 0.715. The van der Waals surface area contributed by atoms with Gasteiger partial charge in [0.2, 0.25) is 0 Å². The number of nitrogens with one attached hydrogen (secondary N) is 2. The minimum Gasteiger partial charge on any atom is -0.354 e. The monoisotopic (exact) mass is 349 g/mol. The van der Waals surface area contributed by atoms with Crippen LogP contribution in [0.5, 0.6) is 0 Å². The topological polar surface area (TPSA) is 65.2 Å². The van der Waals surface area contributed by atoms with Crippen molar-refractivity contribution >= 4 is 27.7 Å². The number of rotatable bonds is 3. The normalized spacial score (nSPS) is 18.3. The second-order valence-electron chi connectivity index (χ2n) is 7.21. The van der Waals surface area contributed by atoms with Crippen LogP contribution in [0, 0.1) is 5.92 Å². The van der Waals surface area contributed by atoms with Crippen molar-refractivity contribution in [3.63, 3.8) is 0 Å². The maximum Gasteiger partial charge on any atom is 0.253 e. The first-order valence-electron chi connectivity index (χ1n) is 9.14. The molecule has 0 bridgehead atoms. The highest BCUT2D eigenvalue weighted by molar-refractivity contribution is 6.07. The number of aromatic nitrogens is 1. The molecule has 0 saturated carbocycles. The average molecular weight is 349 g/mol. The summed E-state index contributed by atoms with van der Waals surface area (Å²) < 4.78 is 0. The van der Waals surface area contributed by atoms with Gasteiger partial charge in [-0.15, -0.1) is 0 Å². The van der Waals surface area contributed by atoms with Crippen molar-refractivity contribution in [1.29, 1.82) is 0 Å². The van der Waals surface area contributed by atoms with Gasteiger partial charge in [-0.05, 0) is 56.6 Å². The zero-order valence-electron chi connectivity index (χ0n) is 14.9. The third kappa shape index (κ3) is 3.10. The van der Waals surface area contributed by atoms with Gasteiger partial charge in [0.05, 0.1) is 11.1 Å². The number of aromatic amines is 1. The zero-order valence-corrected chi connectivity index (χ0v) is 14.9. The Morgan fingerprint density at radius 2 is 2.00 bits per heavy atom. The molecule has 5 heteroatoms. The molecular formula is C21H23N3O2. The minimum atomic E-state index is -0.130. The number of carbonyl (C=O) groups excluding carboxylic acids is 1. The number of para-hydroxylation sites is 2. The third-order valence-electron chi connectivity index (χ3n) is 5.26. The number of amides is 1. The van der Waals surface area contributed by atoms with Crippen molar-refractivity contribution in [3.8, 4) is 0 Å². The number of hydrogen-bond acceptors (Lipinski definition) is 3. The van der Waals surface area contributed by atoms with E-state index in [1.165, 1.54) is 6.42 Å². The van der Waals surface area contributed by atoms with Gasteiger partial charge in [0.1, 0.15) is 0 Å². The standard InChI is InChI=1S/C21H23N3O2/c1-24-11-5-6-14(13-24)12-22-21(26)17-9-4-8-16-19(17)23-18-10-3-2-7-15(18)20(16)25/h2-4,7-10,14H,5-6,11-13H2,1H3,(H,22,26)(H,23,25)/t14-/m0/s1. The largest absolute Gasteiger partial charge is 0.354 e. The van der Waals surface area contributed by atoms with Gasteiger partial charge >= 0.3 is 0 Å². The SMILES string of the molecule is CN1CCC[C@@H](CNC(=O)c2cccc3c(=O)c4ccccc4[nH]c23)C1. The Balaban J connectivity index is 1.65. The van der Waals surface area contributed by atoms with E-state index in [0.29, 0.717) is 34.3 Å². The van der Waals surface area contributed by atoms with E-state index in [-0.39, 0.29) is 11.3 Å². The summed E-state index contributed by atoms with van der Waals surface area (Å²) in [5.74, 6) is 0.349. The number of carbonyl (C=O) groups is 1. The van der Waals surface area contributed by atoms with Crippen molar-refractivity contribution in [2.45, 2.75) is 12.8 Å². The average Bonchev–Trinajstić information content (AvgIpc) is 2.66. The fourth-order valence-electron chi connectivity index (χ4n) is 3.91. The van der Waals surface area contributed by atoms with Gasteiger partial charge in [-0.2, -0.15) is 0 Å². The summed E-state index contributed by atoms with van der Waals surface area (Å²) in [6.07, 6.45) is 2.31. The lowest BCUT2D eigenvalue weighted by Crippen LogP contribution is -2.39. The van der Waals surface area contributed by atoms with Crippen LogP contribution >= 0.6 is 0 Å². The smallest absolute Gasteiger partial charge is 0.253 e. The Bertz CT molecular complexity index is 1020. The van der Waals surface area contributed by atoms with Crippen molar-refractivity contribution in [2.75, 3.05) is 26.7 Å². The predicted molar refractivity (Wildman–Crippen MR) is 105 cm³/mol. The highest BCUT2D eigenvalue weighted by atomic mass is 16.1. The van der Waals surface area contributed by atoms with Crippen molar-refractivity contribution in [2.24, 2.45) is 5.92 Å². The van der Waals surface area contributed by atoms with E-state index in [9.17, 15) is 9.59 Å². The van der Waals surface area contributed by atoms with Gasteiger partial charge in [-0.1, -0.05) is 18.2 Å². The van der Waals surface area contributed by atoms with E-state index in [0.717, 1.165) is 25.0 Å². The fraction of sp³-hybridized carbons (Fsp3) is 0.333. The lowest BCUT2D eigenvalue weighted by Gasteiger charge is -2.29. The van der Waals surface area contributed by atoms with Crippen molar-refractivity contribution < 1.29 is 4.79 Å². The molecule has 1 amide bonds. The zero-order chi connectivity index (χ0) is 18.1. The van der Waals surface area contributed by atoms with Crippen LogP contribution in [0.2, 0.25) is 0 Å². The van der Waals surface area contributed by atoms with Crippen LogP contribution in [0.15, 0.2) is 47.3 Å². The number of fused-ring (bicyclic) bond motifs is 2. The summed E-state index contributed by atoms with van der Waals surface area (Å²) in [6, 6.07) is 12.7. The summed E-state index contributed by atoms with van der Waals surface area (Å²) in [7, 11) is 2.12. The van der Waals surface area contributed by atoms with Crippen LogP contribution in [-0.4, -0.2) is 42.5 Å². The van der Waals surface area contributed by atoms with Crippen molar-refractivity contribution in [1.82, 2.24) is 15.2 Å². The molecule has 2 heterocycles. The number of nitrogens with zero attached hydrogens (tertiary/aromatic N) is 1. The third-order valence-corrected chi connectivity index (χ3v) is 5.26. The first-order chi connectivity index (χ1) is 12.6. The summed E-state index contributed by atoms with van der Waals surface area (Å²) in [6.45, 7) is 2.80. The lowest BCUT2D eigenvalue weighted by molar-refractivity contribution is 0.0938. The molecule has 1 aromatic heterocycles. The second-order valence-corrected chi connectivity index (χ2v) is 7.21. The summed E-state index contributed by atoms with van der Waals surface area (Å²) in [5.41, 5.74) is 1.83. The molecule has 1 aliphatic rings. The molecule has 1 aliphatic heterocycles. The maximum absolute atomic E-state index is 12.8. The molecule has 134 valence electrons. The number of piperidine rings is 1. The Labute approximate surface area is 152 Å². The predicted octanol–water partition coefficient (Wildman–Crippen LogP) is 2.75. The molecule has 1 saturated heterocycles. The molecule has 5 nitrogen and oxygen atoms in total. The number of likely N-dealkylation sites (tertiary alicyclic amines) is 1. The van der Waals surface area contributed by atoms with Gasteiger partial charge < -0.3 is 15.2 Å². The molecule has 1 atom stereocenters. The Hall–Kier alpha value is -2.66. The Morgan fingerprint density at radius 3 is 2.85 bits per heavy atom. The van der Waals surface area contributed by atoms with Crippen LogP contribution in [-0.2, 0) is 0 Å². The highest BCUT2D eigenvalue weighted by Crippen LogP contribution is 2.19. The molecule has 2 aromatic carbocycles. The van der Waals surface area contributed by atoms with Gasteiger partial charge in [0.25, 0.3) is 5.91 Å². The van der Waals surface area contributed by atoms with Gasteiger partial charge in [0, 0.05) is 29.4 Å². The molecule has 0 radical (unpaired) electrons. The van der Waals surface area contributed by atoms with E-state index >= 15 is 0 Å². The maximum atomic E-state index is 12.8. The molecule has 1 fully saturated rings. The minimum absolute atomic E-state index is 0.0436. The van der Waals surface area contributed by atoms with Crippen LogP contribution in [0.25, 0.3) is 21.8 Å². The lowest BCUT2D eigenvalue weighted by atomic mass is 9.98. The number of pyridine rings is 1. The van der Waals surface area contributed by atoms with Gasteiger partial charge in [-0.25, -0.2) is 0 Å². The molecule has 3 aromatic rings. The Kier molecular flexibility index (Phi) is 4.47. The molecule has 0 aliphatic carbocycles. The highest BCUT2D eigenvalue weighted by Gasteiger charge is 2.19. The molecule has 26 heavy (non-hydrogen) atoms. The van der Waals surface area contributed by atoms with E-state index in [4.69, 9.17) is 0 Å². The number of benzene rings is 2. The molecule has 0 spiro atoms. The molecular weight excluding hydrogens is 326 g/mol. The summed E-state index contributed by atoms with van der Waals surface area (Å²) >= 11 is 0. The molecule has 0 unspecified atom stereocenters. The van der Waals surface area contributed by atoms with E-state index in [1.807, 2.05) is 18.2 Å². The van der Waals surface area contributed by atoms with Crippen LogP contribution in [0.1, 0.15) is 23.2 Å². The number of H-pyrrole nitrogens is 1.